The van der Waals surface area contributed by atoms with E-state index in [1.165, 1.54) is 18.4 Å². The van der Waals surface area contributed by atoms with E-state index < -0.39 is 0 Å². The van der Waals surface area contributed by atoms with Crippen LogP contribution in [0.25, 0.3) is 0 Å². The molecule has 0 aliphatic carbocycles. The highest BCUT2D eigenvalue weighted by atomic mass is 16.5. The largest absolute Gasteiger partial charge is 0.457 e. The maximum Gasteiger partial charge on any atom is 0.127 e. The second-order valence-electron chi connectivity index (χ2n) is 6.08. The topological polar surface area (TPSA) is 24.5 Å². The van der Waals surface area contributed by atoms with Crippen LogP contribution in [0.1, 0.15) is 31.4 Å². The number of para-hydroxylation sites is 1. The van der Waals surface area contributed by atoms with Crippen LogP contribution in [0, 0.1) is 0 Å². The standard InChI is InChI=1S/C20H26N2O/c1-2-7-20(22-14-12-21-13-15-22)17-8-6-11-19(16-17)23-18-9-4-3-5-10-18/h3-6,8-11,16,20-21H,2,7,12-15H2,1H3/t20-/m0/s1. The highest BCUT2D eigenvalue weighted by Gasteiger charge is 2.21. The maximum atomic E-state index is 6.00. The van der Waals surface area contributed by atoms with E-state index in [2.05, 4.69) is 35.3 Å². The molecule has 1 aliphatic rings. The van der Waals surface area contributed by atoms with Gasteiger partial charge in [-0.3, -0.25) is 4.90 Å². The third-order valence-electron chi connectivity index (χ3n) is 4.38. The number of nitrogens with zero attached hydrogens (tertiary/aromatic N) is 1. The van der Waals surface area contributed by atoms with Gasteiger partial charge in [0.25, 0.3) is 0 Å². The molecule has 1 aliphatic heterocycles. The molecule has 1 heterocycles. The number of hydrogen-bond acceptors (Lipinski definition) is 3. The van der Waals surface area contributed by atoms with Gasteiger partial charge in [0.15, 0.2) is 0 Å². The molecule has 0 unspecified atom stereocenters. The molecule has 0 amide bonds. The third kappa shape index (κ3) is 4.34. The third-order valence-corrected chi connectivity index (χ3v) is 4.38. The van der Waals surface area contributed by atoms with Crippen LogP contribution in [-0.4, -0.2) is 31.1 Å². The Bertz CT molecular complexity index is 594. The first-order valence-corrected chi connectivity index (χ1v) is 8.64. The molecule has 0 radical (unpaired) electrons. The number of ether oxygens (including phenoxy) is 1. The van der Waals surface area contributed by atoms with E-state index in [4.69, 9.17) is 4.74 Å². The lowest BCUT2D eigenvalue weighted by Crippen LogP contribution is -2.45. The first-order chi connectivity index (χ1) is 11.4. The van der Waals surface area contributed by atoms with Crippen LogP contribution in [-0.2, 0) is 0 Å². The van der Waals surface area contributed by atoms with Crippen molar-refractivity contribution >= 4 is 0 Å². The maximum absolute atomic E-state index is 6.00. The molecule has 1 saturated heterocycles. The molecule has 3 heteroatoms. The highest BCUT2D eigenvalue weighted by Crippen LogP contribution is 2.30. The normalized spacial score (nSPS) is 16.9. The summed E-state index contributed by atoms with van der Waals surface area (Å²) in [5.74, 6) is 1.81. The zero-order valence-corrected chi connectivity index (χ0v) is 13.9. The Hall–Kier alpha value is -1.84. The fourth-order valence-corrected chi connectivity index (χ4v) is 3.24. The van der Waals surface area contributed by atoms with Crippen molar-refractivity contribution in [1.82, 2.24) is 10.2 Å². The van der Waals surface area contributed by atoms with Crippen LogP contribution in [0.2, 0.25) is 0 Å². The van der Waals surface area contributed by atoms with Crippen LogP contribution in [0.5, 0.6) is 11.5 Å². The molecular weight excluding hydrogens is 284 g/mol. The molecule has 3 rings (SSSR count). The monoisotopic (exact) mass is 310 g/mol. The van der Waals surface area contributed by atoms with Crippen molar-refractivity contribution in [1.29, 1.82) is 0 Å². The van der Waals surface area contributed by atoms with Gasteiger partial charge in [0.05, 0.1) is 0 Å². The number of hydrogen-bond donors (Lipinski definition) is 1. The zero-order valence-electron chi connectivity index (χ0n) is 13.9. The highest BCUT2D eigenvalue weighted by molar-refractivity contribution is 5.35. The number of piperazine rings is 1. The molecule has 1 N–H and O–H groups in total. The van der Waals surface area contributed by atoms with Crippen molar-refractivity contribution in [3.8, 4) is 11.5 Å². The minimum absolute atomic E-state index is 0.487. The van der Waals surface area contributed by atoms with Crippen molar-refractivity contribution in [3.05, 3.63) is 60.2 Å². The average molecular weight is 310 g/mol. The van der Waals surface area contributed by atoms with Gasteiger partial charge in [-0.05, 0) is 36.2 Å². The Kier molecular flexibility index (Phi) is 5.67. The quantitative estimate of drug-likeness (QED) is 0.864. The SMILES string of the molecule is CCC[C@@H](c1cccc(Oc2ccccc2)c1)N1CCNCC1. The zero-order chi connectivity index (χ0) is 15.9. The van der Waals surface area contributed by atoms with Crippen LogP contribution >= 0.6 is 0 Å². The molecule has 2 aromatic carbocycles. The van der Waals surface area contributed by atoms with Gasteiger partial charge in [0.2, 0.25) is 0 Å². The van der Waals surface area contributed by atoms with Gasteiger partial charge < -0.3 is 10.1 Å². The Labute approximate surface area is 139 Å². The molecule has 0 bridgehead atoms. The number of benzene rings is 2. The van der Waals surface area contributed by atoms with Crippen molar-refractivity contribution in [2.24, 2.45) is 0 Å². The smallest absolute Gasteiger partial charge is 0.127 e. The van der Waals surface area contributed by atoms with Crippen molar-refractivity contribution in [3.63, 3.8) is 0 Å². The summed E-state index contributed by atoms with van der Waals surface area (Å²) < 4.78 is 6.00. The molecule has 1 atom stereocenters. The predicted octanol–water partition coefficient (Wildman–Crippen LogP) is 4.23. The minimum Gasteiger partial charge on any atom is -0.457 e. The fraction of sp³-hybridized carbons (Fsp3) is 0.400. The second kappa shape index (κ2) is 8.14. The van der Waals surface area contributed by atoms with Gasteiger partial charge in [-0.1, -0.05) is 43.7 Å². The first-order valence-electron chi connectivity index (χ1n) is 8.64. The van der Waals surface area contributed by atoms with E-state index in [-0.39, 0.29) is 0 Å². The summed E-state index contributed by atoms with van der Waals surface area (Å²) in [5, 5.41) is 3.44. The van der Waals surface area contributed by atoms with Gasteiger partial charge in [-0.15, -0.1) is 0 Å². The van der Waals surface area contributed by atoms with Crippen LogP contribution in [0.3, 0.4) is 0 Å². The van der Waals surface area contributed by atoms with E-state index in [1.54, 1.807) is 0 Å². The average Bonchev–Trinajstić information content (AvgIpc) is 2.61. The molecule has 2 aromatic rings. The summed E-state index contributed by atoms with van der Waals surface area (Å²) in [6, 6.07) is 19.1. The lowest BCUT2D eigenvalue weighted by Gasteiger charge is -2.35. The van der Waals surface area contributed by atoms with Crippen molar-refractivity contribution in [2.45, 2.75) is 25.8 Å². The Morgan fingerprint density at radius 2 is 1.74 bits per heavy atom. The van der Waals surface area contributed by atoms with Crippen molar-refractivity contribution in [2.75, 3.05) is 26.2 Å². The van der Waals surface area contributed by atoms with E-state index in [1.807, 2.05) is 36.4 Å². The summed E-state index contributed by atoms with van der Waals surface area (Å²) in [6.07, 6.45) is 2.38. The van der Waals surface area contributed by atoms with Crippen LogP contribution in [0.15, 0.2) is 54.6 Å². The molecule has 3 nitrogen and oxygen atoms in total. The lowest BCUT2D eigenvalue weighted by atomic mass is 9.99. The van der Waals surface area contributed by atoms with E-state index in [0.717, 1.165) is 37.7 Å². The molecule has 0 saturated carbocycles. The van der Waals surface area contributed by atoms with Crippen LogP contribution < -0.4 is 10.1 Å². The summed E-state index contributed by atoms with van der Waals surface area (Å²) in [5.41, 5.74) is 1.36. The molecular formula is C20H26N2O. The van der Waals surface area contributed by atoms with Gasteiger partial charge in [-0.2, -0.15) is 0 Å². The number of nitrogens with one attached hydrogen (secondary N) is 1. The summed E-state index contributed by atoms with van der Waals surface area (Å²) in [6.45, 7) is 6.67. The summed E-state index contributed by atoms with van der Waals surface area (Å²) in [7, 11) is 0. The Balaban J connectivity index is 1.78. The molecule has 0 spiro atoms. The van der Waals surface area contributed by atoms with E-state index in [9.17, 15) is 0 Å². The minimum atomic E-state index is 0.487. The van der Waals surface area contributed by atoms with Gasteiger partial charge in [0.1, 0.15) is 11.5 Å². The first kappa shape index (κ1) is 16.0. The predicted molar refractivity (Wildman–Crippen MR) is 95.0 cm³/mol. The summed E-state index contributed by atoms with van der Waals surface area (Å²) in [4.78, 5) is 2.60. The molecule has 1 fully saturated rings. The second-order valence-corrected chi connectivity index (χ2v) is 6.08. The lowest BCUT2D eigenvalue weighted by molar-refractivity contribution is 0.164. The Morgan fingerprint density at radius 1 is 1.00 bits per heavy atom. The molecule has 0 aromatic heterocycles. The van der Waals surface area contributed by atoms with Crippen LogP contribution in [0.4, 0.5) is 0 Å². The molecule has 122 valence electrons. The van der Waals surface area contributed by atoms with E-state index in [0.29, 0.717) is 6.04 Å². The Morgan fingerprint density at radius 3 is 2.48 bits per heavy atom. The fourth-order valence-electron chi connectivity index (χ4n) is 3.24. The molecule has 23 heavy (non-hydrogen) atoms. The van der Waals surface area contributed by atoms with Gasteiger partial charge in [-0.25, -0.2) is 0 Å². The van der Waals surface area contributed by atoms with Gasteiger partial charge >= 0.3 is 0 Å². The number of rotatable bonds is 6. The van der Waals surface area contributed by atoms with Gasteiger partial charge in [0, 0.05) is 32.2 Å². The summed E-state index contributed by atoms with van der Waals surface area (Å²) >= 11 is 0. The van der Waals surface area contributed by atoms with E-state index >= 15 is 0 Å². The van der Waals surface area contributed by atoms with Crippen molar-refractivity contribution < 1.29 is 4.74 Å².